The molecule has 0 saturated carbocycles. The first-order chi connectivity index (χ1) is 13.7. The molecule has 0 spiro atoms. The van der Waals surface area contributed by atoms with Gasteiger partial charge in [-0.25, -0.2) is 0 Å². The van der Waals surface area contributed by atoms with Crippen LogP contribution in [-0.4, -0.2) is 18.5 Å². The Morgan fingerprint density at radius 3 is 1.72 bits per heavy atom. The van der Waals surface area contributed by atoms with Crippen LogP contribution in [0.25, 0.3) is 0 Å². The second kappa shape index (κ2) is 22.6. The van der Waals surface area contributed by atoms with E-state index in [9.17, 15) is 0 Å². The van der Waals surface area contributed by atoms with Crippen molar-refractivity contribution < 1.29 is 21.7 Å². The largest absolute Gasteiger partial charge is 0.272 e. The number of nitrogens with zero attached hydrogens (tertiary/aromatic N) is 1. The quantitative estimate of drug-likeness (QED) is 0.101. The van der Waals surface area contributed by atoms with Crippen LogP contribution in [0.5, 0.6) is 0 Å². The Morgan fingerprint density at radius 1 is 0.897 bits per heavy atom. The van der Waals surface area contributed by atoms with Crippen molar-refractivity contribution >= 4 is 7.05 Å². The van der Waals surface area contributed by atoms with E-state index in [2.05, 4.69) is 58.6 Å². The van der Waals surface area contributed by atoms with E-state index in [4.69, 9.17) is 4.74 Å². The monoisotopic (exact) mass is 453 g/mol. The van der Waals surface area contributed by atoms with Crippen LogP contribution in [-0.2, 0) is 21.7 Å². The molecule has 1 rings (SSSR count). The standard InChI is InChI=1S/C20H38NP.C6H10.Ti/c1-4-7-12-17-22(18-13-8-5-2,19-14-9-6-3)21-20-15-10-11-16-20;1-3-5-6-4-2;/h10-11,15H,4-9,12-14,16-19H2,1-3H3;3,5-6H,1,4H2,2H3;. The zero-order chi connectivity index (χ0) is 20.9. The Balaban J connectivity index is 0. The molecule has 3 heteroatoms. The molecule has 0 aliphatic heterocycles. The van der Waals surface area contributed by atoms with E-state index < -0.39 is 7.05 Å². The molecule has 166 valence electrons. The van der Waals surface area contributed by atoms with E-state index in [1.807, 2.05) is 6.08 Å². The van der Waals surface area contributed by atoms with Gasteiger partial charge in [0.25, 0.3) is 0 Å². The Morgan fingerprint density at radius 2 is 1.41 bits per heavy atom. The summed E-state index contributed by atoms with van der Waals surface area (Å²) >= 11 is 0. The predicted octanol–water partition coefficient (Wildman–Crippen LogP) is 9.74. The molecular weight excluding hydrogens is 405 g/mol. The van der Waals surface area contributed by atoms with Gasteiger partial charge in [-0.15, -0.1) is 0 Å². The van der Waals surface area contributed by atoms with Crippen LogP contribution >= 0.6 is 7.05 Å². The molecule has 1 aliphatic carbocycles. The third kappa shape index (κ3) is 17.3. The fourth-order valence-corrected chi connectivity index (χ4v) is 7.57. The SMILES string of the molecule is C=CC=CCC.CCCCCP(CCCCC)(CCCCC)=NC1=CC=CC1.[Ti]. The van der Waals surface area contributed by atoms with Crippen molar-refractivity contribution in [3.63, 3.8) is 0 Å². The molecule has 0 atom stereocenters. The van der Waals surface area contributed by atoms with Crippen LogP contribution in [0.3, 0.4) is 0 Å². The summed E-state index contributed by atoms with van der Waals surface area (Å²) < 4.78 is 5.43. The summed E-state index contributed by atoms with van der Waals surface area (Å²) in [4.78, 5) is 0. The van der Waals surface area contributed by atoms with Crippen LogP contribution in [0.4, 0.5) is 0 Å². The van der Waals surface area contributed by atoms with E-state index in [1.165, 1.54) is 82.0 Å². The Bertz CT molecular complexity index is 484. The average molecular weight is 454 g/mol. The fraction of sp³-hybridized carbons (Fsp3) is 0.692. The van der Waals surface area contributed by atoms with E-state index in [0.29, 0.717) is 0 Å². The molecule has 0 fully saturated rings. The van der Waals surface area contributed by atoms with Crippen molar-refractivity contribution in [2.75, 3.05) is 18.5 Å². The molecule has 29 heavy (non-hydrogen) atoms. The second-order valence-corrected chi connectivity index (χ2v) is 11.6. The minimum absolute atomic E-state index is 0. The van der Waals surface area contributed by atoms with Crippen LogP contribution in [0.2, 0.25) is 0 Å². The molecule has 0 aromatic rings. The van der Waals surface area contributed by atoms with E-state index in [1.54, 1.807) is 6.08 Å². The van der Waals surface area contributed by atoms with Crippen molar-refractivity contribution in [1.82, 2.24) is 0 Å². The van der Waals surface area contributed by atoms with Crippen LogP contribution in [0, 0.1) is 0 Å². The van der Waals surface area contributed by atoms with Crippen LogP contribution in [0.1, 0.15) is 98.3 Å². The Kier molecular flexibility index (Phi) is 24.2. The first kappa shape index (κ1) is 31.1. The summed E-state index contributed by atoms with van der Waals surface area (Å²) in [7, 11) is -1.12. The normalized spacial score (nSPS) is 12.9. The molecule has 0 aromatic carbocycles. The molecule has 0 unspecified atom stereocenters. The van der Waals surface area contributed by atoms with Crippen molar-refractivity contribution in [3.8, 4) is 0 Å². The maximum atomic E-state index is 5.43. The van der Waals surface area contributed by atoms with Gasteiger partial charge in [0.2, 0.25) is 0 Å². The van der Waals surface area contributed by atoms with Crippen molar-refractivity contribution in [2.24, 2.45) is 4.74 Å². The third-order valence-corrected chi connectivity index (χ3v) is 9.26. The molecule has 1 nitrogen and oxygen atoms in total. The zero-order valence-electron chi connectivity index (χ0n) is 20.0. The maximum Gasteiger partial charge on any atom is 0.0425 e. The molecule has 0 bridgehead atoms. The summed E-state index contributed by atoms with van der Waals surface area (Å²) in [5, 5.41) is 0. The Hall–Kier alpha value is -0.0957. The van der Waals surface area contributed by atoms with E-state index >= 15 is 0 Å². The molecule has 0 saturated heterocycles. The summed E-state index contributed by atoms with van der Waals surface area (Å²) in [6.45, 7) is 12.6. The van der Waals surface area contributed by atoms with Gasteiger partial charge >= 0.3 is 0 Å². The van der Waals surface area contributed by atoms with Crippen molar-refractivity contribution in [1.29, 1.82) is 0 Å². The van der Waals surface area contributed by atoms with Crippen molar-refractivity contribution in [2.45, 2.75) is 98.3 Å². The predicted molar refractivity (Wildman–Crippen MR) is 134 cm³/mol. The van der Waals surface area contributed by atoms with Crippen LogP contribution < -0.4 is 0 Å². The van der Waals surface area contributed by atoms with Gasteiger partial charge in [-0.3, -0.25) is 4.74 Å². The van der Waals surface area contributed by atoms with Gasteiger partial charge in [0.05, 0.1) is 0 Å². The summed E-state index contributed by atoms with van der Waals surface area (Å²) in [5.74, 6) is 0. The Labute approximate surface area is 198 Å². The van der Waals surface area contributed by atoms with Crippen LogP contribution in [0.15, 0.2) is 53.5 Å². The fourth-order valence-electron chi connectivity index (χ4n) is 3.47. The van der Waals surface area contributed by atoms with Gasteiger partial charge < -0.3 is 0 Å². The summed E-state index contributed by atoms with van der Waals surface area (Å²) in [6.07, 6.45) is 31.2. The smallest absolute Gasteiger partial charge is 0.0425 e. The van der Waals surface area contributed by atoms with E-state index in [-0.39, 0.29) is 21.7 Å². The molecule has 0 aromatic heterocycles. The van der Waals surface area contributed by atoms with Gasteiger partial charge in [-0.05, 0) is 57.3 Å². The zero-order valence-corrected chi connectivity index (χ0v) is 22.4. The molecule has 0 heterocycles. The second-order valence-electron chi connectivity index (χ2n) is 7.85. The number of hydrogen-bond acceptors (Lipinski definition) is 1. The number of rotatable bonds is 15. The van der Waals surface area contributed by atoms with E-state index in [0.717, 1.165) is 12.8 Å². The van der Waals surface area contributed by atoms with Gasteiger partial charge in [0.15, 0.2) is 0 Å². The summed E-state index contributed by atoms with van der Waals surface area (Å²) in [6, 6.07) is 0. The minimum Gasteiger partial charge on any atom is -0.272 e. The number of hydrogen-bond donors (Lipinski definition) is 0. The third-order valence-electron chi connectivity index (χ3n) is 5.13. The number of unbranched alkanes of at least 4 members (excludes halogenated alkanes) is 6. The van der Waals surface area contributed by atoms with Gasteiger partial charge in [0.1, 0.15) is 0 Å². The van der Waals surface area contributed by atoms with Gasteiger partial charge in [0, 0.05) is 33.8 Å². The van der Waals surface area contributed by atoms with Gasteiger partial charge in [-0.1, -0.05) is 103 Å². The topological polar surface area (TPSA) is 12.4 Å². The molecule has 1 aliphatic rings. The maximum absolute atomic E-state index is 5.43. The van der Waals surface area contributed by atoms with Crippen molar-refractivity contribution in [3.05, 3.63) is 48.7 Å². The molecule has 0 amide bonds. The molecular formula is C26H48NPTi. The minimum atomic E-state index is -1.12. The first-order valence-corrected chi connectivity index (χ1v) is 14.2. The summed E-state index contributed by atoms with van der Waals surface area (Å²) in [5.41, 5.74) is 1.37. The van der Waals surface area contributed by atoms with Gasteiger partial charge in [-0.2, -0.15) is 0 Å². The average Bonchev–Trinajstić information content (AvgIpc) is 3.20. The molecule has 0 radical (unpaired) electrons. The molecule has 0 N–H and O–H groups in total. The number of allylic oxidation sites excluding steroid dienone is 6. The first-order valence-electron chi connectivity index (χ1n) is 11.9.